The summed E-state index contributed by atoms with van der Waals surface area (Å²) in [7, 11) is 0. The van der Waals surface area contributed by atoms with E-state index >= 15 is 0 Å². The molecule has 2 fully saturated rings. The van der Waals surface area contributed by atoms with Crippen molar-refractivity contribution in [1.82, 2.24) is 25.5 Å². The van der Waals surface area contributed by atoms with Crippen LogP contribution in [0.5, 0.6) is 0 Å². The number of nitrogens with one attached hydrogen (secondary N) is 1. The van der Waals surface area contributed by atoms with Gasteiger partial charge < -0.3 is 5.32 Å². The summed E-state index contributed by atoms with van der Waals surface area (Å²) >= 11 is 1.87. The van der Waals surface area contributed by atoms with Crippen LogP contribution in [0.15, 0.2) is 5.16 Å². The third-order valence-electron chi connectivity index (χ3n) is 3.66. The first-order valence-electron chi connectivity index (χ1n) is 7.08. The standard InChI is InChI=1S/C12H21N5S/c1-2-4-11(5-3-1)18-12-14-15-16-17(12)9-8-13-10-6-7-10/h10-11,13H,1-9H2. The van der Waals surface area contributed by atoms with E-state index in [0.29, 0.717) is 0 Å². The van der Waals surface area contributed by atoms with Gasteiger partial charge in [0.15, 0.2) is 0 Å². The van der Waals surface area contributed by atoms with Gasteiger partial charge in [-0.1, -0.05) is 31.0 Å². The van der Waals surface area contributed by atoms with Crippen LogP contribution in [0.25, 0.3) is 0 Å². The van der Waals surface area contributed by atoms with Crippen LogP contribution in [0.3, 0.4) is 0 Å². The largest absolute Gasteiger partial charge is 0.312 e. The van der Waals surface area contributed by atoms with Crippen molar-refractivity contribution < 1.29 is 0 Å². The van der Waals surface area contributed by atoms with Crippen LogP contribution in [-0.2, 0) is 6.54 Å². The van der Waals surface area contributed by atoms with Crippen LogP contribution < -0.4 is 5.32 Å². The molecular weight excluding hydrogens is 246 g/mol. The maximum absolute atomic E-state index is 4.16. The maximum atomic E-state index is 4.16. The summed E-state index contributed by atoms with van der Waals surface area (Å²) in [6.07, 6.45) is 9.42. The van der Waals surface area contributed by atoms with Crippen molar-refractivity contribution in [3.05, 3.63) is 0 Å². The first-order valence-corrected chi connectivity index (χ1v) is 7.96. The molecule has 0 radical (unpaired) electrons. The fourth-order valence-electron chi connectivity index (χ4n) is 2.42. The molecule has 1 N–H and O–H groups in total. The second kappa shape index (κ2) is 6.02. The second-order valence-electron chi connectivity index (χ2n) is 5.29. The molecule has 0 aliphatic heterocycles. The number of hydrogen-bond donors (Lipinski definition) is 1. The molecule has 0 amide bonds. The molecule has 18 heavy (non-hydrogen) atoms. The molecule has 2 aliphatic carbocycles. The van der Waals surface area contributed by atoms with Gasteiger partial charge in [-0.3, -0.25) is 0 Å². The Labute approximate surface area is 112 Å². The molecule has 2 aliphatic rings. The predicted octanol–water partition coefficient (Wildman–Crippen LogP) is 1.85. The molecule has 2 saturated carbocycles. The molecule has 1 aromatic rings. The molecule has 3 rings (SSSR count). The molecule has 0 atom stereocenters. The summed E-state index contributed by atoms with van der Waals surface area (Å²) in [5, 5.41) is 17.3. The fourth-order valence-corrected chi connectivity index (χ4v) is 3.62. The van der Waals surface area contributed by atoms with E-state index < -0.39 is 0 Å². The third kappa shape index (κ3) is 3.45. The fraction of sp³-hybridized carbons (Fsp3) is 0.917. The average Bonchev–Trinajstić information content (AvgIpc) is 3.12. The smallest absolute Gasteiger partial charge is 0.209 e. The van der Waals surface area contributed by atoms with Crippen molar-refractivity contribution in [3.63, 3.8) is 0 Å². The van der Waals surface area contributed by atoms with Crippen molar-refractivity contribution in [2.75, 3.05) is 6.54 Å². The van der Waals surface area contributed by atoms with Crippen LogP contribution in [0.2, 0.25) is 0 Å². The molecule has 0 saturated heterocycles. The van der Waals surface area contributed by atoms with Gasteiger partial charge in [0.2, 0.25) is 5.16 Å². The first-order chi connectivity index (χ1) is 8.92. The summed E-state index contributed by atoms with van der Waals surface area (Å²) in [4.78, 5) is 0. The highest BCUT2D eigenvalue weighted by atomic mass is 32.2. The molecule has 1 heterocycles. The molecule has 0 bridgehead atoms. The predicted molar refractivity (Wildman–Crippen MR) is 71.6 cm³/mol. The number of rotatable bonds is 6. The lowest BCUT2D eigenvalue weighted by atomic mass is 10.0. The van der Waals surface area contributed by atoms with Crippen molar-refractivity contribution >= 4 is 11.8 Å². The van der Waals surface area contributed by atoms with E-state index in [1.807, 2.05) is 16.4 Å². The van der Waals surface area contributed by atoms with E-state index in [-0.39, 0.29) is 0 Å². The van der Waals surface area contributed by atoms with Crippen LogP contribution >= 0.6 is 11.8 Å². The lowest BCUT2D eigenvalue weighted by molar-refractivity contribution is 0.499. The monoisotopic (exact) mass is 267 g/mol. The van der Waals surface area contributed by atoms with E-state index in [1.165, 1.54) is 44.9 Å². The summed E-state index contributed by atoms with van der Waals surface area (Å²) in [6, 6.07) is 0.760. The number of tetrazole rings is 1. The maximum Gasteiger partial charge on any atom is 0.209 e. The Hall–Kier alpha value is -0.620. The number of thioether (sulfide) groups is 1. The number of hydrogen-bond acceptors (Lipinski definition) is 5. The number of aromatic nitrogens is 4. The summed E-state index contributed by atoms with van der Waals surface area (Å²) in [6.45, 7) is 1.87. The van der Waals surface area contributed by atoms with E-state index in [9.17, 15) is 0 Å². The Morgan fingerprint density at radius 1 is 1.17 bits per heavy atom. The zero-order valence-electron chi connectivity index (χ0n) is 10.7. The average molecular weight is 267 g/mol. The second-order valence-corrected chi connectivity index (χ2v) is 6.56. The highest BCUT2D eigenvalue weighted by Gasteiger charge is 2.21. The summed E-state index contributed by atoms with van der Waals surface area (Å²) in [5.74, 6) is 0. The zero-order chi connectivity index (χ0) is 12.2. The van der Waals surface area contributed by atoms with Crippen molar-refractivity contribution in [2.24, 2.45) is 0 Å². The van der Waals surface area contributed by atoms with Crippen LogP contribution in [0.1, 0.15) is 44.9 Å². The lowest BCUT2D eigenvalue weighted by Gasteiger charge is -2.20. The summed E-state index contributed by atoms with van der Waals surface area (Å²) < 4.78 is 1.95. The number of nitrogens with zero attached hydrogens (tertiary/aromatic N) is 4. The van der Waals surface area contributed by atoms with Crippen molar-refractivity contribution in [1.29, 1.82) is 0 Å². The van der Waals surface area contributed by atoms with Gasteiger partial charge in [-0.05, 0) is 36.1 Å². The molecule has 0 unspecified atom stereocenters. The van der Waals surface area contributed by atoms with Gasteiger partial charge in [-0.15, -0.1) is 5.10 Å². The van der Waals surface area contributed by atoms with Gasteiger partial charge >= 0.3 is 0 Å². The van der Waals surface area contributed by atoms with Gasteiger partial charge in [0.25, 0.3) is 0 Å². The van der Waals surface area contributed by atoms with E-state index in [4.69, 9.17) is 0 Å². The normalized spacial score (nSPS) is 21.3. The van der Waals surface area contributed by atoms with Gasteiger partial charge in [-0.25, -0.2) is 4.68 Å². The highest BCUT2D eigenvalue weighted by molar-refractivity contribution is 7.99. The minimum absolute atomic E-state index is 0.722. The van der Waals surface area contributed by atoms with E-state index in [0.717, 1.165) is 29.5 Å². The minimum Gasteiger partial charge on any atom is -0.312 e. The van der Waals surface area contributed by atoms with E-state index in [1.54, 1.807) is 0 Å². The molecule has 6 heteroatoms. The van der Waals surface area contributed by atoms with Crippen LogP contribution in [0, 0.1) is 0 Å². The van der Waals surface area contributed by atoms with E-state index in [2.05, 4.69) is 20.8 Å². The van der Waals surface area contributed by atoms with Crippen LogP contribution in [-0.4, -0.2) is 38.0 Å². The molecule has 5 nitrogen and oxygen atoms in total. The first kappa shape index (κ1) is 12.4. The Kier molecular flexibility index (Phi) is 4.15. The molecule has 0 aromatic carbocycles. The van der Waals surface area contributed by atoms with Crippen molar-refractivity contribution in [3.8, 4) is 0 Å². The third-order valence-corrected chi connectivity index (χ3v) is 4.97. The minimum atomic E-state index is 0.722. The zero-order valence-corrected chi connectivity index (χ0v) is 11.5. The summed E-state index contributed by atoms with van der Waals surface area (Å²) in [5.41, 5.74) is 0. The van der Waals surface area contributed by atoms with Gasteiger partial charge in [-0.2, -0.15) is 0 Å². The molecule has 0 spiro atoms. The quantitative estimate of drug-likeness (QED) is 0.852. The topological polar surface area (TPSA) is 55.6 Å². The van der Waals surface area contributed by atoms with Gasteiger partial charge in [0, 0.05) is 17.8 Å². The Balaban J connectivity index is 1.49. The Morgan fingerprint density at radius 2 is 2.00 bits per heavy atom. The Bertz CT molecular complexity index is 370. The van der Waals surface area contributed by atoms with Gasteiger partial charge in [0.1, 0.15) is 0 Å². The molecule has 100 valence electrons. The van der Waals surface area contributed by atoms with Crippen molar-refractivity contribution in [2.45, 2.75) is 67.9 Å². The molecule has 1 aromatic heterocycles. The van der Waals surface area contributed by atoms with Gasteiger partial charge in [0.05, 0.1) is 6.54 Å². The van der Waals surface area contributed by atoms with Crippen LogP contribution in [0.4, 0.5) is 0 Å². The SMILES string of the molecule is C1CCC(Sc2nnnn2CCNC2CC2)CC1. The Morgan fingerprint density at radius 3 is 2.78 bits per heavy atom. The highest BCUT2D eigenvalue weighted by Crippen LogP contribution is 2.32. The lowest BCUT2D eigenvalue weighted by Crippen LogP contribution is -2.23. The molecular formula is C12H21N5S.